The van der Waals surface area contributed by atoms with Crippen molar-refractivity contribution in [2.24, 2.45) is 11.8 Å². The molecule has 0 bridgehead atoms. The Balaban J connectivity index is 2.05. The van der Waals surface area contributed by atoms with E-state index < -0.39 is 10.2 Å². The molecule has 2 unspecified atom stereocenters. The van der Waals surface area contributed by atoms with Crippen molar-refractivity contribution in [1.29, 1.82) is 0 Å². The number of allylic oxidation sites excluding steroid dienone is 2. The van der Waals surface area contributed by atoms with Gasteiger partial charge in [0.1, 0.15) is 0 Å². The summed E-state index contributed by atoms with van der Waals surface area (Å²) in [6.07, 6.45) is 9.55. The van der Waals surface area contributed by atoms with Crippen LogP contribution in [0.1, 0.15) is 70.6 Å². The lowest BCUT2D eigenvalue weighted by Gasteiger charge is -2.50. The standard InChI is InChI=1S/C24H37NS/c1-5-25(6-2)26(24(20(3)4)22-15-11-8-12-16-22)18-17-23(19-26)21-13-9-7-10-14-21/h8,11-12,15-21,24H,5-7,9-10,13-14H2,1-4H3. The zero-order valence-corrected chi connectivity index (χ0v) is 18.0. The van der Waals surface area contributed by atoms with E-state index in [1.54, 1.807) is 5.57 Å². The first-order chi connectivity index (χ1) is 12.6. The highest BCUT2D eigenvalue weighted by Gasteiger charge is 2.40. The minimum absolute atomic E-state index is 0.570. The Kier molecular flexibility index (Phi) is 6.69. The summed E-state index contributed by atoms with van der Waals surface area (Å²) in [6, 6.07) is 11.3. The van der Waals surface area contributed by atoms with Crippen molar-refractivity contribution in [3.05, 3.63) is 58.4 Å². The van der Waals surface area contributed by atoms with Crippen LogP contribution in [0.25, 0.3) is 0 Å². The lowest BCUT2D eigenvalue weighted by molar-refractivity contribution is 0.409. The van der Waals surface area contributed by atoms with Crippen molar-refractivity contribution >= 4 is 10.2 Å². The Bertz CT molecular complexity index is 623. The first kappa shape index (κ1) is 19.8. The summed E-state index contributed by atoms with van der Waals surface area (Å²) in [5.74, 6) is 1.42. The maximum Gasteiger partial charge on any atom is 0.0351 e. The summed E-state index contributed by atoms with van der Waals surface area (Å²) in [5, 5.41) is 5.94. The van der Waals surface area contributed by atoms with E-state index in [1.165, 1.54) is 37.7 Å². The van der Waals surface area contributed by atoms with E-state index in [1.807, 2.05) is 0 Å². The topological polar surface area (TPSA) is 3.24 Å². The second kappa shape index (κ2) is 8.80. The summed E-state index contributed by atoms with van der Waals surface area (Å²) < 4.78 is 2.76. The molecule has 2 aliphatic rings. The molecule has 1 aromatic rings. The van der Waals surface area contributed by atoms with Gasteiger partial charge in [-0.1, -0.05) is 83.4 Å². The molecule has 1 fully saturated rings. The molecule has 144 valence electrons. The average molecular weight is 372 g/mol. The second-order valence-corrected chi connectivity index (χ2v) is 11.2. The molecule has 1 aromatic carbocycles. The fourth-order valence-corrected chi connectivity index (χ4v) is 9.46. The van der Waals surface area contributed by atoms with Crippen LogP contribution >= 0.6 is 10.2 Å². The maximum atomic E-state index is 2.76. The third-order valence-electron chi connectivity index (χ3n) is 6.17. The van der Waals surface area contributed by atoms with Crippen molar-refractivity contribution < 1.29 is 0 Å². The lowest BCUT2D eigenvalue weighted by Crippen LogP contribution is -2.30. The molecule has 1 saturated carbocycles. The van der Waals surface area contributed by atoms with Gasteiger partial charge in [0.05, 0.1) is 0 Å². The molecular formula is C24H37NS. The largest absolute Gasteiger partial charge is 0.261 e. The van der Waals surface area contributed by atoms with Gasteiger partial charge in [0, 0.05) is 18.3 Å². The van der Waals surface area contributed by atoms with Crippen LogP contribution in [0.15, 0.2) is 52.8 Å². The Morgan fingerprint density at radius 2 is 1.65 bits per heavy atom. The van der Waals surface area contributed by atoms with Gasteiger partial charge >= 0.3 is 0 Å². The van der Waals surface area contributed by atoms with Crippen molar-refractivity contribution in [3.8, 4) is 0 Å². The van der Waals surface area contributed by atoms with Gasteiger partial charge < -0.3 is 0 Å². The highest BCUT2D eigenvalue weighted by molar-refractivity contribution is 8.36. The van der Waals surface area contributed by atoms with Gasteiger partial charge in [-0.25, -0.2) is 0 Å². The van der Waals surface area contributed by atoms with E-state index in [2.05, 4.69) is 79.2 Å². The van der Waals surface area contributed by atoms with Crippen LogP contribution in [-0.4, -0.2) is 17.4 Å². The minimum atomic E-state index is -1.10. The molecule has 3 rings (SSSR count). The fourth-order valence-electron chi connectivity index (χ4n) is 4.98. The SMILES string of the molecule is CCN(CC)S1(C(c2ccccc2)C(C)C)C=CC(C2CCCCC2)=C1. The van der Waals surface area contributed by atoms with Crippen molar-refractivity contribution in [3.63, 3.8) is 0 Å². The van der Waals surface area contributed by atoms with Gasteiger partial charge in [0.2, 0.25) is 0 Å². The van der Waals surface area contributed by atoms with Crippen LogP contribution in [-0.2, 0) is 0 Å². The summed E-state index contributed by atoms with van der Waals surface area (Å²) in [4.78, 5) is 0. The smallest absolute Gasteiger partial charge is 0.0351 e. The Hall–Kier alpha value is -0.990. The third-order valence-corrected chi connectivity index (χ3v) is 10.4. The average Bonchev–Trinajstić information content (AvgIpc) is 3.10. The van der Waals surface area contributed by atoms with Crippen LogP contribution in [0.3, 0.4) is 0 Å². The van der Waals surface area contributed by atoms with Gasteiger partial charge in [0.25, 0.3) is 0 Å². The van der Waals surface area contributed by atoms with Gasteiger partial charge in [-0.2, -0.15) is 0 Å². The first-order valence-electron chi connectivity index (χ1n) is 10.6. The molecule has 2 atom stereocenters. The Morgan fingerprint density at radius 3 is 2.23 bits per heavy atom. The van der Waals surface area contributed by atoms with Gasteiger partial charge in [-0.3, -0.25) is 4.31 Å². The lowest BCUT2D eigenvalue weighted by atomic mass is 9.84. The summed E-state index contributed by atoms with van der Waals surface area (Å²) in [5.41, 5.74) is 3.16. The summed E-state index contributed by atoms with van der Waals surface area (Å²) in [7, 11) is -1.10. The van der Waals surface area contributed by atoms with E-state index >= 15 is 0 Å². The molecule has 1 heterocycles. The van der Waals surface area contributed by atoms with Crippen LogP contribution in [0, 0.1) is 11.8 Å². The van der Waals surface area contributed by atoms with E-state index in [0.717, 1.165) is 19.0 Å². The molecule has 2 heteroatoms. The predicted molar refractivity (Wildman–Crippen MR) is 118 cm³/mol. The van der Waals surface area contributed by atoms with Gasteiger partial charge in [0.15, 0.2) is 0 Å². The van der Waals surface area contributed by atoms with Crippen LogP contribution in [0.4, 0.5) is 0 Å². The molecule has 0 N–H and O–H groups in total. The molecule has 1 nitrogen and oxygen atoms in total. The van der Waals surface area contributed by atoms with E-state index in [4.69, 9.17) is 0 Å². The number of hydrogen-bond donors (Lipinski definition) is 0. The van der Waals surface area contributed by atoms with Gasteiger partial charge in [-0.15, -0.1) is 10.2 Å². The van der Waals surface area contributed by atoms with Gasteiger partial charge in [-0.05, 0) is 46.6 Å². The van der Waals surface area contributed by atoms with E-state index in [9.17, 15) is 0 Å². The quantitative estimate of drug-likeness (QED) is 0.481. The molecule has 0 saturated heterocycles. The van der Waals surface area contributed by atoms with Crippen molar-refractivity contribution in [2.75, 3.05) is 13.1 Å². The fraction of sp³-hybridized carbons (Fsp3) is 0.583. The first-order valence-corrected chi connectivity index (χ1v) is 12.4. The van der Waals surface area contributed by atoms with E-state index in [-0.39, 0.29) is 0 Å². The van der Waals surface area contributed by atoms with Crippen LogP contribution in [0.2, 0.25) is 0 Å². The van der Waals surface area contributed by atoms with Crippen molar-refractivity contribution in [1.82, 2.24) is 4.31 Å². The van der Waals surface area contributed by atoms with Crippen LogP contribution in [0.5, 0.6) is 0 Å². The minimum Gasteiger partial charge on any atom is -0.261 e. The molecule has 1 aliphatic carbocycles. The Morgan fingerprint density at radius 1 is 1.00 bits per heavy atom. The molecule has 0 amide bonds. The monoisotopic (exact) mass is 371 g/mol. The number of benzene rings is 1. The molecule has 0 radical (unpaired) electrons. The molecule has 26 heavy (non-hydrogen) atoms. The molecular weight excluding hydrogens is 334 g/mol. The predicted octanol–water partition coefficient (Wildman–Crippen LogP) is 7.44. The number of nitrogens with zero attached hydrogens (tertiary/aromatic N) is 1. The second-order valence-electron chi connectivity index (χ2n) is 8.17. The van der Waals surface area contributed by atoms with Crippen molar-refractivity contribution in [2.45, 2.75) is 65.0 Å². The Labute approximate surface area is 163 Å². The zero-order valence-electron chi connectivity index (χ0n) is 17.2. The summed E-state index contributed by atoms with van der Waals surface area (Å²) >= 11 is 0. The number of rotatable bonds is 7. The molecule has 1 aliphatic heterocycles. The maximum absolute atomic E-state index is 2.76. The summed E-state index contributed by atoms with van der Waals surface area (Å²) in [6.45, 7) is 11.7. The highest BCUT2D eigenvalue weighted by atomic mass is 32.3. The van der Waals surface area contributed by atoms with Crippen LogP contribution < -0.4 is 0 Å². The highest BCUT2D eigenvalue weighted by Crippen LogP contribution is 2.70. The normalized spacial score (nSPS) is 27.5. The zero-order chi connectivity index (χ0) is 18.6. The molecule has 0 spiro atoms. The number of hydrogen-bond acceptors (Lipinski definition) is 1. The van der Waals surface area contributed by atoms with E-state index in [0.29, 0.717) is 11.2 Å². The third kappa shape index (κ3) is 3.82. The molecule has 0 aromatic heterocycles.